The fourth-order valence-corrected chi connectivity index (χ4v) is 1.90. The molecule has 0 bridgehead atoms. The molecule has 0 radical (unpaired) electrons. The van der Waals surface area contributed by atoms with Crippen LogP contribution >= 0.6 is 11.6 Å². The van der Waals surface area contributed by atoms with E-state index in [0.29, 0.717) is 30.2 Å². The Bertz CT molecular complexity index is 390. The van der Waals surface area contributed by atoms with E-state index in [1.54, 1.807) is 0 Å². The van der Waals surface area contributed by atoms with Gasteiger partial charge in [0.1, 0.15) is 0 Å². The molecule has 0 saturated carbocycles. The molecule has 0 aliphatic carbocycles. The van der Waals surface area contributed by atoms with Crippen molar-refractivity contribution in [2.24, 2.45) is 5.41 Å². The Hall–Kier alpha value is -0.610. The molecule has 1 unspecified atom stereocenters. The molecule has 3 nitrogen and oxygen atoms in total. The fourth-order valence-electron chi connectivity index (χ4n) is 1.71. The zero-order chi connectivity index (χ0) is 15.0. The number of aliphatic hydroxyl groups is 1. The molecule has 1 atom stereocenters. The molecule has 0 aliphatic rings. The molecule has 0 aromatic heterocycles. The van der Waals surface area contributed by atoms with Crippen LogP contribution in [0.5, 0.6) is 0 Å². The van der Waals surface area contributed by atoms with Gasteiger partial charge >= 0.3 is 0 Å². The van der Waals surface area contributed by atoms with Gasteiger partial charge in [0.15, 0.2) is 0 Å². The van der Waals surface area contributed by atoms with Gasteiger partial charge in [-0.1, -0.05) is 50.6 Å². The zero-order valence-corrected chi connectivity index (χ0v) is 13.4. The van der Waals surface area contributed by atoms with Crippen LogP contribution in [0.25, 0.3) is 0 Å². The Labute approximate surface area is 127 Å². The molecular weight excluding hydrogens is 274 g/mol. The van der Waals surface area contributed by atoms with Crippen molar-refractivity contribution in [3.8, 4) is 0 Å². The van der Waals surface area contributed by atoms with E-state index in [1.807, 2.05) is 24.3 Å². The summed E-state index contributed by atoms with van der Waals surface area (Å²) in [6, 6.07) is 7.58. The number of hydrogen-bond donors (Lipinski definition) is 2. The van der Waals surface area contributed by atoms with Crippen molar-refractivity contribution >= 4 is 11.6 Å². The number of hydrogen-bond acceptors (Lipinski definition) is 3. The summed E-state index contributed by atoms with van der Waals surface area (Å²) < 4.78 is 5.49. The summed E-state index contributed by atoms with van der Waals surface area (Å²) in [5, 5.41) is 13.8. The third-order valence-electron chi connectivity index (χ3n) is 2.96. The Kier molecular flexibility index (Phi) is 7.52. The molecule has 1 aromatic carbocycles. The van der Waals surface area contributed by atoms with Crippen LogP contribution in [0.3, 0.4) is 0 Å². The van der Waals surface area contributed by atoms with E-state index in [0.717, 1.165) is 18.5 Å². The SMILES string of the molecule is CC(C)(C)CCNCC(O)COCc1ccccc1Cl. The highest BCUT2D eigenvalue weighted by Crippen LogP contribution is 2.17. The van der Waals surface area contributed by atoms with E-state index in [4.69, 9.17) is 16.3 Å². The molecule has 2 N–H and O–H groups in total. The summed E-state index contributed by atoms with van der Waals surface area (Å²) in [4.78, 5) is 0. The van der Waals surface area contributed by atoms with E-state index in [1.165, 1.54) is 0 Å². The third kappa shape index (κ3) is 7.85. The lowest BCUT2D eigenvalue weighted by Crippen LogP contribution is -2.32. The van der Waals surface area contributed by atoms with Gasteiger partial charge in [-0.25, -0.2) is 0 Å². The van der Waals surface area contributed by atoms with E-state index in [2.05, 4.69) is 26.1 Å². The number of ether oxygens (including phenoxy) is 1. The molecule has 0 saturated heterocycles. The van der Waals surface area contributed by atoms with Crippen LogP contribution in [0.1, 0.15) is 32.8 Å². The summed E-state index contributed by atoms with van der Waals surface area (Å²) in [6.07, 6.45) is 0.595. The zero-order valence-electron chi connectivity index (χ0n) is 12.7. The Morgan fingerprint density at radius 3 is 2.65 bits per heavy atom. The Morgan fingerprint density at radius 2 is 2.00 bits per heavy atom. The molecule has 0 amide bonds. The Morgan fingerprint density at radius 1 is 1.30 bits per heavy atom. The second-order valence-electron chi connectivity index (χ2n) is 6.28. The fraction of sp³-hybridized carbons (Fsp3) is 0.625. The lowest BCUT2D eigenvalue weighted by molar-refractivity contribution is 0.0287. The average Bonchev–Trinajstić information content (AvgIpc) is 2.36. The molecule has 114 valence electrons. The molecule has 1 aromatic rings. The predicted octanol–water partition coefficient (Wildman–Crippen LogP) is 3.24. The first kappa shape index (κ1) is 17.4. The van der Waals surface area contributed by atoms with Gasteiger partial charge in [0.05, 0.1) is 19.3 Å². The van der Waals surface area contributed by atoms with E-state index in [-0.39, 0.29) is 0 Å². The molecule has 20 heavy (non-hydrogen) atoms. The van der Waals surface area contributed by atoms with Crippen LogP contribution in [0, 0.1) is 5.41 Å². The van der Waals surface area contributed by atoms with Gasteiger partial charge in [0.2, 0.25) is 0 Å². The first-order chi connectivity index (χ1) is 9.38. The number of nitrogens with one attached hydrogen (secondary N) is 1. The van der Waals surface area contributed by atoms with Crippen LogP contribution in [-0.4, -0.2) is 30.9 Å². The van der Waals surface area contributed by atoms with E-state index >= 15 is 0 Å². The highest BCUT2D eigenvalue weighted by Gasteiger charge is 2.10. The highest BCUT2D eigenvalue weighted by atomic mass is 35.5. The van der Waals surface area contributed by atoms with Crippen molar-refractivity contribution in [3.63, 3.8) is 0 Å². The quantitative estimate of drug-likeness (QED) is 0.724. The lowest BCUT2D eigenvalue weighted by Gasteiger charge is -2.19. The van der Waals surface area contributed by atoms with Crippen molar-refractivity contribution in [1.29, 1.82) is 0 Å². The maximum Gasteiger partial charge on any atom is 0.0897 e. The minimum absolute atomic E-state index is 0.313. The highest BCUT2D eigenvalue weighted by molar-refractivity contribution is 6.31. The van der Waals surface area contributed by atoms with Gasteiger partial charge in [0.25, 0.3) is 0 Å². The number of rotatable bonds is 8. The van der Waals surface area contributed by atoms with Crippen molar-refractivity contribution in [2.75, 3.05) is 19.7 Å². The second-order valence-corrected chi connectivity index (χ2v) is 6.68. The van der Waals surface area contributed by atoms with Crippen LogP contribution in [0.15, 0.2) is 24.3 Å². The van der Waals surface area contributed by atoms with Gasteiger partial charge < -0.3 is 15.2 Å². The monoisotopic (exact) mass is 299 g/mol. The normalized spacial score (nSPS) is 13.4. The smallest absolute Gasteiger partial charge is 0.0897 e. The number of benzene rings is 1. The first-order valence-corrected chi connectivity index (χ1v) is 7.46. The van der Waals surface area contributed by atoms with Gasteiger partial charge in [-0.15, -0.1) is 0 Å². The van der Waals surface area contributed by atoms with Crippen molar-refractivity contribution in [1.82, 2.24) is 5.32 Å². The molecule has 0 aliphatic heterocycles. The second kappa shape index (κ2) is 8.63. The van der Waals surface area contributed by atoms with Gasteiger partial charge in [-0.05, 0) is 30.0 Å². The van der Waals surface area contributed by atoms with Crippen molar-refractivity contribution in [3.05, 3.63) is 34.9 Å². The third-order valence-corrected chi connectivity index (χ3v) is 3.33. The van der Waals surface area contributed by atoms with Crippen LogP contribution < -0.4 is 5.32 Å². The summed E-state index contributed by atoms with van der Waals surface area (Å²) >= 11 is 6.03. The van der Waals surface area contributed by atoms with Crippen molar-refractivity contribution < 1.29 is 9.84 Å². The van der Waals surface area contributed by atoms with Crippen LogP contribution in [0.4, 0.5) is 0 Å². The van der Waals surface area contributed by atoms with E-state index < -0.39 is 6.10 Å². The van der Waals surface area contributed by atoms with Gasteiger partial charge in [-0.2, -0.15) is 0 Å². The maximum atomic E-state index is 9.81. The molecule has 0 spiro atoms. The summed E-state index contributed by atoms with van der Waals surface area (Å²) in [7, 11) is 0. The van der Waals surface area contributed by atoms with Crippen LogP contribution in [0.2, 0.25) is 5.02 Å². The Balaban J connectivity index is 2.11. The molecule has 1 rings (SSSR count). The van der Waals surface area contributed by atoms with Gasteiger partial charge in [-0.3, -0.25) is 0 Å². The minimum atomic E-state index is -0.488. The molecule has 4 heteroatoms. The minimum Gasteiger partial charge on any atom is -0.389 e. The largest absolute Gasteiger partial charge is 0.389 e. The topological polar surface area (TPSA) is 41.5 Å². The number of aliphatic hydroxyl groups excluding tert-OH is 1. The maximum absolute atomic E-state index is 9.81. The average molecular weight is 300 g/mol. The first-order valence-electron chi connectivity index (χ1n) is 7.08. The van der Waals surface area contributed by atoms with Crippen LogP contribution in [-0.2, 0) is 11.3 Å². The molecular formula is C16H26ClNO2. The summed E-state index contributed by atoms with van der Waals surface area (Å²) in [6.45, 7) is 8.82. The molecule has 0 heterocycles. The predicted molar refractivity (Wildman–Crippen MR) is 84.1 cm³/mol. The summed E-state index contributed by atoms with van der Waals surface area (Å²) in [5.74, 6) is 0. The van der Waals surface area contributed by atoms with Crippen molar-refractivity contribution in [2.45, 2.75) is 39.9 Å². The van der Waals surface area contributed by atoms with Gasteiger partial charge in [0, 0.05) is 11.6 Å². The lowest BCUT2D eigenvalue weighted by atomic mass is 9.92. The van der Waals surface area contributed by atoms with E-state index in [9.17, 15) is 5.11 Å². The summed E-state index contributed by atoms with van der Waals surface area (Å²) in [5.41, 5.74) is 1.26. The standard InChI is InChI=1S/C16H26ClNO2/c1-16(2,3)8-9-18-10-14(19)12-20-11-13-6-4-5-7-15(13)17/h4-7,14,18-19H,8-12H2,1-3H3. The molecule has 0 fully saturated rings. The number of halogens is 1.